The van der Waals surface area contributed by atoms with Crippen LogP contribution >= 0.6 is 11.6 Å². The number of carbonyl (C=O) groups is 1. The molecule has 1 heterocycles. The van der Waals surface area contributed by atoms with Crippen LogP contribution in [0.15, 0.2) is 12.1 Å². The maximum atomic E-state index is 13.1. The molecule has 0 aromatic heterocycles. The largest absolute Gasteiger partial charge is 0.481 e. The summed E-state index contributed by atoms with van der Waals surface area (Å²) < 4.78 is 31.2. The Hall–Kier alpha value is -1.36. The molecule has 0 saturated heterocycles. The maximum absolute atomic E-state index is 13.1. The van der Waals surface area contributed by atoms with Crippen LogP contribution < -0.4 is 9.64 Å². The number of nitrogens with zero attached hydrogens (tertiary/aromatic N) is 1. The van der Waals surface area contributed by atoms with E-state index in [-0.39, 0.29) is 24.0 Å². The zero-order chi connectivity index (χ0) is 12.4. The molecule has 0 unspecified atom stereocenters. The summed E-state index contributed by atoms with van der Waals surface area (Å²) in [6.45, 7) is 0.199. The summed E-state index contributed by atoms with van der Waals surface area (Å²) in [5, 5.41) is 0. The fourth-order valence-electron chi connectivity index (χ4n) is 1.66. The molecule has 0 saturated carbocycles. The van der Waals surface area contributed by atoms with E-state index in [1.807, 2.05) is 0 Å². The molecule has 6 heteroatoms. The summed E-state index contributed by atoms with van der Waals surface area (Å²) in [6, 6.07) is 1.92. The molecule has 0 N–H and O–H groups in total. The van der Waals surface area contributed by atoms with Gasteiger partial charge in [0.15, 0.2) is 18.2 Å². The van der Waals surface area contributed by atoms with E-state index in [2.05, 4.69) is 0 Å². The molecule has 1 aromatic rings. The third kappa shape index (κ3) is 2.34. The normalized spacial score (nSPS) is 14.5. The number of hydrogen-bond acceptors (Lipinski definition) is 2. The molecule has 1 aliphatic rings. The fourth-order valence-corrected chi connectivity index (χ4v) is 1.78. The zero-order valence-electron chi connectivity index (χ0n) is 8.88. The van der Waals surface area contributed by atoms with Crippen molar-refractivity contribution in [2.45, 2.75) is 6.42 Å². The first-order chi connectivity index (χ1) is 8.13. The third-order valence-electron chi connectivity index (χ3n) is 2.46. The number of carbonyl (C=O) groups excluding carboxylic acids is 1. The number of hydrogen-bond donors (Lipinski definition) is 0. The molecule has 0 atom stereocenters. The van der Waals surface area contributed by atoms with E-state index >= 15 is 0 Å². The molecule has 0 radical (unpaired) electrons. The van der Waals surface area contributed by atoms with E-state index in [1.54, 1.807) is 0 Å². The highest BCUT2D eigenvalue weighted by Crippen LogP contribution is 2.34. The Balaban J connectivity index is 2.36. The van der Waals surface area contributed by atoms with Crippen molar-refractivity contribution in [3.8, 4) is 5.75 Å². The summed E-state index contributed by atoms with van der Waals surface area (Å²) in [7, 11) is 0. The molecular weight excluding hydrogens is 252 g/mol. The van der Waals surface area contributed by atoms with Crippen LogP contribution in [0.25, 0.3) is 0 Å². The van der Waals surface area contributed by atoms with Crippen molar-refractivity contribution in [1.29, 1.82) is 0 Å². The van der Waals surface area contributed by atoms with Crippen LogP contribution in [0.1, 0.15) is 6.42 Å². The van der Waals surface area contributed by atoms with Gasteiger partial charge < -0.3 is 9.64 Å². The second-order valence-electron chi connectivity index (χ2n) is 3.61. The third-order valence-corrected chi connectivity index (χ3v) is 2.73. The molecule has 1 aliphatic heterocycles. The monoisotopic (exact) mass is 261 g/mol. The molecule has 0 bridgehead atoms. The van der Waals surface area contributed by atoms with E-state index in [0.29, 0.717) is 18.8 Å². The van der Waals surface area contributed by atoms with E-state index in [0.717, 1.165) is 12.1 Å². The van der Waals surface area contributed by atoms with Crippen molar-refractivity contribution < 1.29 is 18.3 Å². The zero-order valence-corrected chi connectivity index (χ0v) is 9.64. The lowest BCUT2D eigenvalue weighted by Gasteiger charge is -2.29. The highest BCUT2D eigenvalue weighted by atomic mass is 35.5. The quantitative estimate of drug-likeness (QED) is 0.782. The Bertz CT molecular complexity index is 453. The molecule has 17 heavy (non-hydrogen) atoms. The minimum absolute atomic E-state index is 0.166. The van der Waals surface area contributed by atoms with Gasteiger partial charge in [0.05, 0.1) is 5.69 Å². The van der Waals surface area contributed by atoms with Crippen molar-refractivity contribution >= 4 is 23.2 Å². The molecule has 0 fully saturated rings. The summed E-state index contributed by atoms with van der Waals surface area (Å²) in [6.07, 6.45) is 0.575. The topological polar surface area (TPSA) is 29.5 Å². The standard InChI is InChI=1S/C11H10ClF2NO2/c12-2-1-3-15-9-4-7(13)8(14)5-10(9)17-6-11(15)16/h4-5H,1-3,6H2. The number of anilines is 1. The van der Waals surface area contributed by atoms with Gasteiger partial charge in [0.2, 0.25) is 0 Å². The van der Waals surface area contributed by atoms with Gasteiger partial charge in [-0.05, 0) is 6.42 Å². The van der Waals surface area contributed by atoms with Crippen molar-refractivity contribution in [3.05, 3.63) is 23.8 Å². The second-order valence-corrected chi connectivity index (χ2v) is 3.99. The molecule has 1 aromatic carbocycles. The first kappa shape index (κ1) is 12.1. The van der Waals surface area contributed by atoms with Crippen molar-refractivity contribution in [2.75, 3.05) is 23.9 Å². The van der Waals surface area contributed by atoms with E-state index in [4.69, 9.17) is 16.3 Å². The summed E-state index contributed by atoms with van der Waals surface area (Å²) in [5.41, 5.74) is 0.255. The molecule has 1 amide bonds. The van der Waals surface area contributed by atoms with Gasteiger partial charge in [0.25, 0.3) is 5.91 Å². The highest BCUT2D eigenvalue weighted by molar-refractivity contribution is 6.17. The van der Waals surface area contributed by atoms with E-state index in [1.165, 1.54) is 4.90 Å². The van der Waals surface area contributed by atoms with Gasteiger partial charge in [-0.2, -0.15) is 0 Å². The first-order valence-electron chi connectivity index (χ1n) is 5.11. The number of ether oxygens (including phenoxy) is 1. The van der Waals surface area contributed by atoms with Crippen LogP contribution in [-0.4, -0.2) is 24.9 Å². The number of benzene rings is 1. The van der Waals surface area contributed by atoms with Gasteiger partial charge >= 0.3 is 0 Å². The second kappa shape index (κ2) is 4.87. The fraction of sp³-hybridized carbons (Fsp3) is 0.364. The van der Waals surface area contributed by atoms with Gasteiger partial charge in [-0.1, -0.05) is 0 Å². The minimum atomic E-state index is -1.00. The Morgan fingerprint density at radius 1 is 1.35 bits per heavy atom. The SMILES string of the molecule is O=C1COc2cc(F)c(F)cc2N1CCCCl. The van der Waals surface area contributed by atoms with Crippen LogP contribution in [0, 0.1) is 11.6 Å². The Morgan fingerprint density at radius 2 is 2.06 bits per heavy atom. The predicted octanol–water partition coefficient (Wildman–Crippen LogP) is 2.32. The number of halogens is 3. The molecule has 0 spiro atoms. The average molecular weight is 262 g/mol. The van der Waals surface area contributed by atoms with Crippen molar-refractivity contribution in [3.63, 3.8) is 0 Å². The lowest BCUT2D eigenvalue weighted by atomic mass is 10.2. The minimum Gasteiger partial charge on any atom is -0.481 e. The lowest BCUT2D eigenvalue weighted by Crippen LogP contribution is -2.39. The molecular formula is C11H10ClF2NO2. The van der Waals surface area contributed by atoms with Gasteiger partial charge in [0, 0.05) is 24.6 Å². The summed E-state index contributed by atoms with van der Waals surface area (Å²) in [5.74, 6) is -1.70. The molecule has 3 nitrogen and oxygen atoms in total. The van der Waals surface area contributed by atoms with Crippen molar-refractivity contribution in [1.82, 2.24) is 0 Å². The van der Waals surface area contributed by atoms with Crippen LogP contribution in [-0.2, 0) is 4.79 Å². The van der Waals surface area contributed by atoms with Crippen LogP contribution in [0.5, 0.6) is 5.75 Å². The average Bonchev–Trinajstić information content (AvgIpc) is 2.30. The van der Waals surface area contributed by atoms with Gasteiger partial charge in [0.1, 0.15) is 5.75 Å². The molecule has 92 valence electrons. The molecule has 0 aliphatic carbocycles. The summed E-state index contributed by atoms with van der Waals surface area (Å²) in [4.78, 5) is 13.0. The molecule has 2 rings (SSSR count). The Kier molecular flexibility index (Phi) is 3.47. The lowest BCUT2D eigenvalue weighted by molar-refractivity contribution is -0.121. The van der Waals surface area contributed by atoms with E-state index in [9.17, 15) is 13.6 Å². The number of amides is 1. The number of fused-ring (bicyclic) bond motifs is 1. The first-order valence-corrected chi connectivity index (χ1v) is 5.65. The Labute approximate surface area is 102 Å². The predicted molar refractivity (Wildman–Crippen MR) is 59.5 cm³/mol. The highest BCUT2D eigenvalue weighted by Gasteiger charge is 2.26. The van der Waals surface area contributed by atoms with Gasteiger partial charge in [-0.3, -0.25) is 4.79 Å². The van der Waals surface area contributed by atoms with E-state index < -0.39 is 11.6 Å². The number of alkyl halides is 1. The van der Waals surface area contributed by atoms with Crippen LogP contribution in [0.2, 0.25) is 0 Å². The van der Waals surface area contributed by atoms with Crippen molar-refractivity contribution in [2.24, 2.45) is 0 Å². The van der Waals surface area contributed by atoms with Gasteiger partial charge in [-0.25, -0.2) is 8.78 Å². The number of rotatable bonds is 3. The Morgan fingerprint density at radius 3 is 2.76 bits per heavy atom. The smallest absolute Gasteiger partial charge is 0.265 e. The van der Waals surface area contributed by atoms with Crippen LogP contribution in [0.3, 0.4) is 0 Å². The maximum Gasteiger partial charge on any atom is 0.265 e. The van der Waals surface area contributed by atoms with Crippen LogP contribution in [0.4, 0.5) is 14.5 Å². The van der Waals surface area contributed by atoms with Gasteiger partial charge in [-0.15, -0.1) is 11.6 Å². The summed E-state index contributed by atoms with van der Waals surface area (Å²) >= 11 is 5.55.